The van der Waals surface area contributed by atoms with Crippen molar-refractivity contribution < 1.29 is 9.47 Å². The van der Waals surface area contributed by atoms with Crippen LogP contribution in [0.25, 0.3) is 0 Å². The summed E-state index contributed by atoms with van der Waals surface area (Å²) in [5, 5.41) is 3.42. The van der Waals surface area contributed by atoms with Gasteiger partial charge in [0.25, 0.3) is 0 Å². The van der Waals surface area contributed by atoms with Crippen molar-refractivity contribution in [3.05, 3.63) is 36.7 Å². The van der Waals surface area contributed by atoms with Gasteiger partial charge in [-0.25, -0.2) is 0 Å². The quantitative estimate of drug-likeness (QED) is 0.844. The molecule has 0 aliphatic carbocycles. The summed E-state index contributed by atoms with van der Waals surface area (Å²) >= 11 is 0. The summed E-state index contributed by atoms with van der Waals surface area (Å²) in [5.41, 5.74) is 9.18. The Balaban J connectivity index is 2.15. The first-order valence-corrected chi connectivity index (χ1v) is 7.72. The van der Waals surface area contributed by atoms with Crippen LogP contribution in [-0.2, 0) is 0 Å². The summed E-state index contributed by atoms with van der Waals surface area (Å²) in [5.74, 6) is 1.46. The Kier molecular flexibility index (Phi) is 4.36. The highest BCUT2D eigenvalue weighted by Gasteiger charge is 2.37. The molecule has 3 N–H and O–H groups in total. The SMILES string of the molecule is COc1ccc([N+]2(c3ccncc3N)CCNCC2)cc1OC. The average molecular weight is 315 g/mol. The van der Waals surface area contributed by atoms with Crippen LogP contribution in [0.1, 0.15) is 0 Å². The molecule has 0 radical (unpaired) electrons. The average Bonchev–Trinajstić information content (AvgIpc) is 2.62. The van der Waals surface area contributed by atoms with Crippen LogP contribution in [0.4, 0.5) is 17.1 Å². The monoisotopic (exact) mass is 315 g/mol. The number of aromatic nitrogens is 1. The lowest BCUT2D eigenvalue weighted by atomic mass is 10.1. The predicted molar refractivity (Wildman–Crippen MR) is 92.3 cm³/mol. The van der Waals surface area contributed by atoms with E-state index in [2.05, 4.69) is 16.4 Å². The van der Waals surface area contributed by atoms with E-state index >= 15 is 0 Å². The molecule has 0 bridgehead atoms. The Bertz CT molecular complexity index is 684. The molecule has 0 amide bonds. The first-order valence-electron chi connectivity index (χ1n) is 7.72. The minimum absolute atomic E-state index is 0.682. The molecule has 1 fully saturated rings. The molecule has 1 saturated heterocycles. The fourth-order valence-corrected chi connectivity index (χ4v) is 3.30. The highest BCUT2D eigenvalue weighted by molar-refractivity contribution is 5.71. The summed E-state index contributed by atoms with van der Waals surface area (Å²) in [6, 6.07) is 8.10. The van der Waals surface area contributed by atoms with Crippen LogP contribution < -0.4 is 25.0 Å². The van der Waals surface area contributed by atoms with E-state index in [9.17, 15) is 0 Å². The third kappa shape index (κ3) is 2.71. The van der Waals surface area contributed by atoms with Gasteiger partial charge in [0.1, 0.15) is 24.5 Å². The second-order valence-corrected chi connectivity index (χ2v) is 5.64. The van der Waals surface area contributed by atoms with Gasteiger partial charge in [-0.1, -0.05) is 0 Å². The van der Waals surface area contributed by atoms with E-state index in [0.717, 1.165) is 49.1 Å². The van der Waals surface area contributed by atoms with E-state index in [1.165, 1.54) is 0 Å². The number of benzene rings is 1. The summed E-state index contributed by atoms with van der Waals surface area (Å²) < 4.78 is 11.5. The number of hydrogen-bond acceptors (Lipinski definition) is 5. The van der Waals surface area contributed by atoms with Gasteiger partial charge in [-0.05, 0) is 6.07 Å². The molecular weight excluding hydrogens is 292 g/mol. The van der Waals surface area contributed by atoms with E-state index in [1.807, 2.05) is 18.2 Å². The van der Waals surface area contributed by atoms with Crippen LogP contribution in [0.15, 0.2) is 36.7 Å². The number of pyridine rings is 1. The zero-order valence-corrected chi connectivity index (χ0v) is 13.6. The number of nitrogen functional groups attached to an aromatic ring is 1. The Morgan fingerprint density at radius 1 is 1.09 bits per heavy atom. The van der Waals surface area contributed by atoms with Crippen molar-refractivity contribution in [3.8, 4) is 11.5 Å². The maximum atomic E-state index is 6.25. The molecule has 1 aliphatic heterocycles. The molecule has 0 saturated carbocycles. The van der Waals surface area contributed by atoms with Crippen molar-refractivity contribution in [1.29, 1.82) is 0 Å². The Morgan fingerprint density at radius 2 is 1.83 bits per heavy atom. The van der Waals surface area contributed by atoms with Crippen LogP contribution in [0.3, 0.4) is 0 Å². The number of anilines is 1. The van der Waals surface area contributed by atoms with Crippen molar-refractivity contribution in [2.24, 2.45) is 0 Å². The van der Waals surface area contributed by atoms with E-state index in [4.69, 9.17) is 15.2 Å². The predicted octanol–water partition coefficient (Wildman–Crippen LogP) is 1.92. The zero-order chi connectivity index (χ0) is 16.3. The van der Waals surface area contributed by atoms with Crippen molar-refractivity contribution in [2.45, 2.75) is 0 Å². The largest absolute Gasteiger partial charge is 0.493 e. The number of piperazine rings is 1. The van der Waals surface area contributed by atoms with Crippen molar-refractivity contribution in [3.63, 3.8) is 0 Å². The van der Waals surface area contributed by atoms with Gasteiger partial charge >= 0.3 is 0 Å². The van der Waals surface area contributed by atoms with Gasteiger partial charge in [0.2, 0.25) is 0 Å². The van der Waals surface area contributed by atoms with Crippen molar-refractivity contribution in [2.75, 3.05) is 46.1 Å². The molecule has 1 aromatic carbocycles. The standard InChI is InChI=1S/C17H23N4O2/c1-22-16-4-3-13(11-17(16)23-2)21(9-7-19-8-10-21)15-5-6-20-12-14(15)18/h3-6,11-12,19H,7-10,18H2,1-2H3/q+1. The fourth-order valence-electron chi connectivity index (χ4n) is 3.30. The molecular formula is C17H23N4O2+. The lowest BCUT2D eigenvalue weighted by Crippen LogP contribution is -2.56. The summed E-state index contributed by atoms with van der Waals surface area (Å²) in [6.07, 6.45) is 3.52. The normalized spacial score (nSPS) is 16.8. The van der Waals surface area contributed by atoms with E-state index in [0.29, 0.717) is 10.2 Å². The second kappa shape index (κ2) is 6.44. The van der Waals surface area contributed by atoms with Crippen LogP contribution >= 0.6 is 0 Å². The van der Waals surface area contributed by atoms with Crippen molar-refractivity contribution >= 4 is 17.1 Å². The maximum absolute atomic E-state index is 6.25. The number of nitrogens with one attached hydrogen (secondary N) is 1. The van der Waals surface area contributed by atoms with E-state index in [1.54, 1.807) is 26.6 Å². The van der Waals surface area contributed by atoms with Crippen LogP contribution in [0, 0.1) is 0 Å². The molecule has 23 heavy (non-hydrogen) atoms. The smallest absolute Gasteiger partial charge is 0.166 e. The Morgan fingerprint density at radius 3 is 2.48 bits per heavy atom. The molecule has 0 atom stereocenters. The Labute approximate surface area is 136 Å². The van der Waals surface area contributed by atoms with Gasteiger partial charge in [0.05, 0.1) is 20.4 Å². The van der Waals surface area contributed by atoms with Crippen LogP contribution in [0.2, 0.25) is 0 Å². The minimum atomic E-state index is 0.682. The van der Waals surface area contributed by atoms with Crippen LogP contribution in [0.5, 0.6) is 11.5 Å². The van der Waals surface area contributed by atoms with Gasteiger partial charge < -0.3 is 20.5 Å². The summed E-state index contributed by atoms with van der Waals surface area (Å²) in [7, 11) is 3.30. The number of hydrogen-bond donors (Lipinski definition) is 2. The maximum Gasteiger partial charge on any atom is 0.166 e. The topological polar surface area (TPSA) is 69.4 Å². The van der Waals surface area contributed by atoms with Gasteiger partial charge in [-0.3, -0.25) is 9.47 Å². The molecule has 6 heteroatoms. The Hall–Kier alpha value is -2.31. The molecule has 2 heterocycles. The highest BCUT2D eigenvalue weighted by Crippen LogP contribution is 2.42. The molecule has 0 unspecified atom stereocenters. The first kappa shape index (κ1) is 15.6. The molecule has 3 rings (SSSR count). The summed E-state index contributed by atoms with van der Waals surface area (Å²) in [4.78, 5) is 4.13. The molecule has 2 aromatic rings. The first-order chi connectivity index (χ1) is 11.2. The van der Waals surface area contributed by atoms with Gasteiger partial charge in [-0.2, -0.15) is 0 Å². The lowest BCUT2D eigenvalue weighted by Gasteiger charge is -2.41. The highest BCUT2D eigenvalue weighted by atomic mass is 16.5. The molecule has 1 aliphatic rings. The molecule has 6 nitrogen and oxygen atoms in total. The third-order valence-electron chi connectivity index (χ3n) is 4.49. The van der Waals surface area contributed by atoms with E-state index in [-0.39, 0.29) is 0 Å². The zero-order valence-electron chi connectivity index (χ0n) is 13.6. The van der Waals surface area contributed by atoms with Gasteiger partial charge in [0.15, 0.2) is 17.2 Å². The number of ether oxygens (including phenoxy) is 2. The number of quaternary nitrogens is 1. The van der Waals surface area contributed by atoms with Gasteiger partial charge in [-0.15, -0.1) is 0 Å². The van der Waals surface area contributed by atoms with Gasteiger partial charge in [0, 0.05) is 37.5 Å². The molecule has 0 spiro atoms. The number of methoxy groups -OCH3 is 2. The lowest BCUT2D eigenvalue weighted by molar-refractivity contribution is 0.325. The number of nitrogens with two attached hydrogens (primary N) is 1. The second-order valence-electron chi connectivity index (χ2n) is 5.64. The minimum Gasteiger partial charge on any atom is -0.493 e. The number of nitrogens with zero attached hydrogens (tertiary/aromatic N) is 2. The van der Waals surface area contributed by atoms with Crippen molar-refractivity contribution in [1.82, 2.24) is 14.8 Å². The van der Waals surface area contributed by atoms with Crippen LogP contribution in [-0.4, -0.2) is 45.4 Å². The van der Waals surface area contributed by atoms with E-state index < -0.39 is 0 Å². The molecule has 122 valence electrons. The third-order valence-corrected chi connectivity index (χ3v) is 4.49. The summed E-state index contributed by atoms with van der Waals surface area (Å²) in [6.45, 7) is 3.69. The number of rotatable bonds is 4. The molecule has 1 aromatic heterocycles. The fraction of sp³-hybridized carbons (Fsp3) is 0.353.